The summed E-state index contributed by atoms with van der Waals surface area (Å²) in [5.74, 6) is 0. The summed E-state index contributed by atoms with van der Waals surface area (Å²) in [4.78, 5) is 3.96. The van der Waals surface area contributed by atoms with Crippen molar-refractivity contribution in [3.63, 3.8) is 0 Å². The lowest BCUT2D eigenvalue weighted by Crippen LogP contribution is -1.65. The Bertz CT molecular complexity index is 322. The second-order valence-corrected chi connectivity index (χ2v) is 3.03. The van der Waals surface area contributed by atoms with E-state index in [4.69, 9.17) is 4.42 Å². The van der Waals surface area contributed by atoms with Crippen LogP contribution in [0.3, 0.4) is 0 Å². The first kappa shape index (κ1) is 6.15. The topological polar surface area (TPSA) is 26.0 Å². The molecular formula is C7H4INO. The summed E-state index contributed by atoms with van der Waals surface area (Å²) in [6.45, 7) is 0. The van der Waals surface area contributed by atoms with Crippen LogP contribution in [0, 0.1) is 3.77 Å². The number of halogens is 1. The molecule has 2 heterocycles. The molecule has 0 aliphatic heterocycles. The number of hydrogen-bond donors (Lipinski definition) is 0. The molecule has 2 aromatic rings. The Morgan fingerprint density at radius 3 is 3.20 bits per heavy atom. The number of pyridine rings is 1. The highest BCUT2D eigenvalue weighted by Gasteiger charge is 1.97. The Labute approximate surface area is 71.4 Å². The van der Waals surface area contributed by atoms with Gasteiger partial charge in [-0.25, -0.2) is 0 Å². The standard InChI is InChI=1S/C7H4INO/c8-7-3-5-4-9-2-1-6(5)10-7/h1-4H. The first-order chi connectivity index (χ1) is 4.86. The first-order valence-corrected chi connectivity index (χ1v) is 3.93. The molecular weight excluding hydrogens is 241 g/mol. The fourth-order valence-corrected chi connectivity index (χ4v) is 1.42. The molecule has 2 nitrogen and oxygen atoms in total. The van der Waals surface area contributed by atoms with Crippen molar-refractivity contribution in [2.75, 3.05) is 0 Å². The van der Waals surface area contributed by atoms with Gasteiger partial charge in [-0.15, -0.1) is 0 Å². The number of furan rings is 1. The largest absolute Gasteiger partial charge is 0.450 e. The molecule has 50 valence electrons. The van der Waals surface area contributed by atoms with Crippen LogP contribution in [-0.4, -0.2) is 4.98 Å². The molecule has 0 saturated heterocycles. The summed E-state index contributed by atoms with van der Waals surface area (Å²) >= 11 is 2.14. The van der Waals surface area contributed by atoms with Crippen molar-refractivity contribution in [1.82, 2.24) is 4.98 Å². The van der Waals surface area contributed by atoms with E-state index in [1.54, 1.807) is 12.4 Å². The van der Waals surface area contributed by atoms with Gasteiger partial charge in [0.15, 0.2) is 3.77 Å². The smallest absolute Gasteiger partial charge is 0.165 e. The molecule has 0 N–H and O–H groups in total. The van der Waals surface area contributed by atoms with Crippen LogP contribution in [0.2, 0.25) is 0 Å². The van der Waals surface area contributed by atoms with Crippen molar-refractivity contribution in [1.29, 1.82) is 0 Å². The lowest BCUT2D eigenvalue weighted by molar-refractivity contribution is 0.584. The van der Waals surface area contributed by atoms with Crippen LogP contribution in [0.4, 0.5) is 0 Å². The fourth-order valence-electron chi connectivity index (χ4n) is 0.852. The molecule has 0 radical (unpaired) electrons. The summed E-state index contributed by atoms with van der Waals surface area (Å²) in [5.41, 5.74) is 0.902. The second kappa shape index (κ2) is 2.23. The highest BCUT2D eigenvalue weighted by atomic mass is 127. The Hall–Kier alpha value is -0.580. The molecule has 0 aliphatic rings. The summed E-state index contributed by atoms with van der Waals surface area (Å²) in [7, 11) is 0. The van der Waals surface area contributed by atoms with Crippen molar-refractivity contribution in [3.8, 4) is 0 Å². The zero-order chi connectivity index (χ0) is 6.97. The van der Waals surface area contributed by atoms with Gasteiger partial charge in [-0.3, -0.25) is 4.98 Å². The molecule has 10 heavy (non-hydrogen) atoms. The molecule has 0 unspecified atom stereocenters. The molecule has 0 aromatic carbocycles. The Balaban J connectivity index is 2.88. The number of nitrogens with zero attached hydrogens (tertiary/aromatic N) is 1. The minimum absolute atomic E-state index is 0.902. The van der Waals surface area contributed by atoms with E-state index >= 15 is 0 Å². The average molecular weight is 245 g/mol. The van der Waals surface area contributed by atoms with E-state index in [1.807, 2.05) is 12.1 Å². The fraction of sp³-hybridized carbons (Fsp3) is 0. The third-order valence-electron chi connectivity index (χ3n) is 1.29. The summed E-state index contributed by atoms with van der Waals surface area (Å²) < 4.78 is 6.22. The minimum atomic E-state index is 0.902. The van der Waals surface area contributed by atoms with E-state index in [0.29, 0.717) is 0 Å². The maximum Gasteiger partial charge on any atom is 0.165 e. The maximum absolute atomic E-state index is 5.31. The average Bonchev–Trinajstić information content (AvgIpc) is 2.27. The van der Waals surface area contributed by atoms with E-state index in [0.717, 1.165) is 14.7 Å². The molecule has 0 spiro atoms. The van der Waals surface area contributed by atoms with Crippen LogP contribution in [0.5, 0.6) is 0 Å². The molecule has 2 aromatic heterocycles. The first-order valence-electron chi connectivity index (χ1n) is 2.85. The van der Waals surface area contributed by atoms with Crippen LogP contribution in [0.1, 0.15) is 0 Å². The molecule has 0 fully saturated rings. The van der Waals surface area contributed by atoms with Gasteiger partial charge in [0.05, 0.1) is 0 Å². The number of fused-ring (bicyclic) bond motifs is 1. The third kappa shape index (κ3) is 0.901. The van der Waals surface area contributed by atoms with E-state index < -0.39 is 0 Å². The molecule has 0 amide bonds. The predicted molar refractivity (Wildman–Crippen MR) is 46.7 cm³/mol. The summed E-state index contributed by atoms with van der Waals surface area (Å²) in [6.07, 6.45) is 3.52. The van der Waals surface area contributed by atoms with Gasteiger partial charge >= 0.3 is 0 Å². The number of aromatic nitrogens is 1. The molecule has 0 bridgehead atoms. The van der Waals surface area contributed by atoms with Crippen molar-refractivity contribution < 1.29 is 4.42 Å². The van der Waals surface area contributed by atoms with Gasteiger partial charge in [0.2, 0.25) is 0 Å². The highest BCUT2D eigenvalue weighted by molar-refractivity contribution is 14.1. The van der Waals surface area contributed by atoms with E-state index in [-0.39, 0.29) is 0 Å². The third-order valence-corrected chi connectivity index (χ3v) is 1.82. The SMILES string of the molecule is Ic1cc2cnccc2o1. The van der Waals surface area contributed by atoms with Crippen LogP contribution < -0.4 is 0 Å². The van der Waals surface area contributed by atoms with Crippen LogP contribution in [0.15, 0.2) is 28.9 Å². The monoisotopic (exact) mass is 245 g/mol. The summed E-state index contributed by atoms with van der Waals surface area (Å²) in [5, 5.41) is 1.06. The van der Waals surface area contributed by atoms with Crippen LogP contribution in [-0.2, 0) is 0 Å². The van der Waals surface area contributed by atoms with Crippen molar-refractivity contribution in [2.24, 2.45) is 0 Å². The lowest BCUT2D eigenvalue weighted by Gasteiger charge is -1.81. The van der Waals surface area contributed by atoms with Crippen LogP contribution >= 0.6 is 22.6 Å². The summed E-state index contributed by atoms with van der Waals surface area (Å²) in [6, 6.07) is 3.82. The zero-order valence-corrected chi connectivity index (χ0v) is 7.20. The molecule has 3 heteroatoms. The Morgan fingerprint density at radius 2 is 2.40 bits per heavy atom. The van der Waals surface area contributed by atoms with E-state index in [2.05, 4.69) is 27.6 Å². The van der Waals surface area contributed by atoms with Gasteiger partial charge in [-0.1, -0.05) is 0 Å². The van der Waals surface area contributed by atoms with Gasteiger partial charge in [-0.05, 0) is 34.7 Å². The Morgan fingerprint density at radius 1 is 1.50 bits per heavy atom. The maximum atomic E-state index is 5.31. The van der Waals surface area contributed by atoms with Gasteiger partial charge in [0, 0.05) is 17.8 Å². The normalized spacial score (nSPS) is 10.5. The van der Waals surface area contributed by atoms with Crippen molar-refractivity contribution in [2.45, 2.75) is 0 Å². The van der Waals surface area contributed by atoms with Gasteiger partial charge in [0.1, 0.15) is 5.58 Å². The minimum Gasteiger partial charge on any atom is -0.450 e. The predicted octanol–water partition coefficient (Wildman–Crippen LogP) is 2.43. The second-order valence-electron chi connectivity index (χ2n) is 1.96. The van der Waals surface area contributed by atoms with Gasteiger partial charge < -0.3 is 4.42 Å². The highest BCUT2D eigenvalue weighted by Crippen LogP contribution is 2.18. The molecule has 2 rings (SSSR count). The van der Waals surface area contributed by atoms with Crippen molar-refractivity contribution in [3.05, 3.63) is 28.3 Å². The lowest BCUT2D eigenvalue weighted by atomic mass is 10.3. The van der Waals surface area contributed by atoms with E-state index in [9.17, 15) is 0 Å². The molecule has 0 atom stereocenters. The number of rotatable bonds is 0. The zero-order valence-electron chi connectivity index (χ0n) is 5.04. The molecule has 0 saturated carbocycles. The van der Waals surface area contributed by atoms with Gasteiger partial charge in [-0.2, -0.15) is 0 Å². The van der Waals surface area contributed by atoms with Gasteiger partial charge in [0.25, 0.3) is 0 Å². The van der Waals surface area contributed by atoms with E-state index in [1.165, 1.54) is 0 Å². The van der Waals surface area contributed by atoms with Crippen LogP contribution in [0.25, 0.3) is 11.0 Å². The molecule has 0 aliphatic carbocycles. The quantitative estimate of drug-likeness (QED) is 0.666. The number of hydrogen-bond acceptors (Lipinski definition) is 2. The van der Waals surface area contributed by atoms with Crippen molar-refractivity contribution >= 4 is 33.6 Å². The Kier molecular flexibility index (Phi) is 1.37.